The van der Waals surface area contributed by atoms with E-state index < -0.39 is 10.0 Å². The quantitative estimate of drug-likeness (QED) is 0.769. The molecule has 2 aliphatic rings. The van der Waals surface area contributed by atoms with Crippen LogP contribution in [0.5, 0.6) is 0 Å². The summed E-state index contributed by atoms with van der Waals surface area (Å²) in [4.78, 5) is 0. The molecule has 3 heterocycles. The Labute approximate surface area is 168 Å². The zero-order valence-electron chi connectivity index (χ0n) is 17.0. The van der Waals surface area contributed by atoms with E-state index in [1.54, 1.807) is 0 Å². The van der Waals surface area contributed by atoms with Crippen molar-refractivity contribution >= 4 is 10.0 Å². The van der Waals surface area contributed by atoms with E-state index >= 15 is 0 Å². The molecule has 0 amide bonds. The van der Waals surface area contributed by atoms with Crippen LogP contribution >= 0.6 is 0 Å². The van der Waals surface area contributed by atoms with Gasteiger partial charge in [-0.2, -0.15) is 4.31 Å². The molecule has 2 aromatic rings. The Hall–Kier alpha value is -1.73. The van der Waals surface area contributed by atoms with E-state index in [1.807, 2.05) is 45.5 Å². The van der Waals surface area contributed by atoms with Gasteiger partial charge in [-0.3, -0.25) is 0 Å². The van der Waals surface area contributed by atoms with Gasteiger partial charge in [-0.05, 0) is 37.7 Å². The standard InChI is InChI=1S/C21H30N4O2S/c1-21(2,3)20-15-24(23-22-20)19-13-17-9-10-18(14-19)25(17)28(26,27)12-11-16-7-5-4-6-8-16/h4-8,15,17-19H,9-14H2,1-3H3. The molecule has 7 heteroatoms. The van der Waals surface area contributed by atoms with Crippen LogP contribution in [0.25, 0.3) is 0 Å². The van der Waals surface area contributed by atoms with Crippen LogP contribution in [0.15, 0.2) is 36.5 Å². The number of hydrogen-bond donors (Lipinski definition) is 0. The molecule has 2 fully saturated rings. The highest BCUT2D eigenvalue weighted by Crippen LogP contribution is 2.42. The van der Waals surface area contributed by atoms with E-state index in [0.717, 1.165) is 36.9 Å². The summed E-state index contributed by atoms with van der Waals surface area (Å²) in [5, 5.41) is 8.71. The number of rotatable bonds is 5. The van der Waals surface area contributed by atoms with Crippen LogP contribution in [-0.2, 0) is 21.9 Å². The lowest BCUT2D eigenvalue weighted by molar-refractivity contribution is 0.183. The summed E-state index contributed by atoms with van der Waals surface area (Å²) >= 11 is 0. The summed E-state index contributed by atoms with van der Waals surface area (Å²) in [6.07, 6.45) is 6.17. The first-order chi connectivity index (χ1) is 13.2. The molecule has 1 aromatic carbocycles. The van der Waals surface area contributed by atoms with E-state index in [9.17, 15) is 8.42 Å². The molecule has 2 atom stereocenters. The molecular formula is C21H30N4O2S. The Balaban J connectivity index is 1.45. The Morgan fingerprint density at radius 1 is 1.04 bits per heavy atom. The average Bonchev–Trinajstić information content (AvgIpc) is 3.25. The van der Waals surface area contributed by atoms with E-state index in [-0.39, 0.29) is 29.3 Å². The van der Waals surface area contributed by atoms with Gasteiger partial charge in [-0.1, -0.05) is 56.3 Å². The Kier molecular flexibility index (Phi) is 5.08. The van der Waals surface area contributed by atoms with Gasteiger partial charge in [0.25, 0.3) is 0 Å². The lowest BCUT2D eigenvalue weighted by atomic mass is 9.93. The molecule has 0 radical (unpaired) electrons. The number of piperidine rings is 1. The number of aromatic nitrogens is 3. The summed E-state index contributed by atoms with van der Waals surface area (Å²) in [5.74, 6) is 0.187. The average molecular weight is 403 g/mol. The third kappa shape index (κ3) is 3.87. The van der Waals surface area contributed by atoms with E-state index in [2.05, 4.69) is 31.1 Å². The zero-order chi connectivity index (χ0) is 19.9. The lowest BCUT2D eigenvalue weighted by Crippen LogP contribution is -2.48. The van der Waals surface area contributed by atoms with Crippen LogP contribution in [0.2, 0.25) is 0 Å². The lowest BCUT2D eigenvalue weighted by Gasteiger charge is -2.37. The third-order valence-corrected chi connectivity index (χ3v) is 8.07. The highest BCUT2D eigenvalue weighted by atomic mass is 32.2. The molecular weight excluding hydrogens is 372 g/mol. The van der Waals surface area contributed by atoms with Gasteiger partial charge in [0.15, 0.2) is 0 Å². The number of sulfonamides is 1. The van der Waals surface area contributed by atoms with Crippen molar-refractivity contribution in [1.82, 2.24) is 19.3 Å². The highest BCUT2D eigenvalue weighted by Gasteiger charge is 2.47. The van der Waals surface area contributed by atoms with E-state index in [1.165, 1.54) is 0 Å². The minimum Gasteiger partial charge on any atom is -0.249 e. The van der Waals surface area contributed by atoms with Gasteiger partial charge >= 0.3 is 0 Å². The second kappa shape index (κ2) is 7.26. The van der Waals surface area contributed by atoms with Crippen LogP contribution in [0.3, 0.4) is 0 Å². The maximum absolute atomic E-state index is 13.1. The van der Waals surface area contributed by atoms with Crippen molar-refractivity contribution in [3.63, 3.8) is 0 Å². The first kappa shape index (κ1) is 19.6. The molecule has 2 aliphatic heterocycles. The van der Waals surface area contributed by atoms with Crippen molar-refractivity contribution in [3.05, 3.63) is 47.8 Å². The summed E-state index contributed by atoms with van der Waals surface area (Å²) < 4.78 is 30.0. The van der Waals surface area contributed by atoms with Gasteiger partial charge in [0.05, 0.1) is 17.5 Å². The van der Waals surface area contributed by atoms with Crippen LogP contribution in [0.1, 0.15) is 63.8 Å². The predicted molar refractivity (Wildman–Crippen MR) is 110 cm³/mol. The number of hydrogen-bond acceptors (Lipinski definition) is 4. The molecule has 1 aromatic heterocycles. The van der Waals surface area contributed by atoms with Gasteiger partial charge in [0.1, 0.15) is 0 Å². The Morgan fingerprint density at radius 3 is 2.25 bits per heavy atom. The second-order valence-electron chi connectivity index (χ2n) is 9.23. The molecule has 2 unspecified atom stereocenters. The molecule has 6 nitrogen and oxygen atoms in total. The van der Waals surface area contributed by atoms with Gasteiger partial charge in [-0.15, -0.1) is 5.10 Å². The molecule has 2 bridgehead atoms. The highest BCUT2D eigenvalue weighted by molar-refractivity contribution is 7.89. The summed E-state index contributed by atoms with van der Waals surface area (Å²) in [6.45, 7) is 6.40. The van der Waals surface area contributed by atoms with Crippen molar-refractivity contribution in [2.75, 3.05) is 5.75 Å². The summed E-state index contributed by atoms with van der Waals surface area (Å²) in [5.41, 5.74) is 2.03. The maximum Gasteiger partial charge on any atom is 0.214 e. The Morgan fingerprint density at radius 2 is 1.68 bits per heavy atom. The molecule has 28 heavy (non-hydrogen) atoms. The van der Waals surface area contributed by atoms with Crippen molar-refractivity contribution < 1.29 is 8.42 Å². The second-order valence-corrected chi connectivity index (χ2v) is 11.2. The molecule has 0 spiro atoms. The third-order valence-electron chi connectivity index (χ3n) is 6.11. The normalized spacial score (nSPS) is 25.9. The summed E-state index contributed by atoms with van der Waals surface area (Å²) in [6, 6.07) is 10.3. The first-order valence-corrected chi connectivity index (χ1v) is 11.8. The number of nitrogens with zero attached hydrogens (tertiary/aromatic N) is 4. The Bertz CT molecular complexity index is 903. The van der Waals surface area contributed by atoms with Gasteiger partial charge in [-0.25, -0.2) is 13.1 Å². The van der Waals surface area contributed by atoms with Crippen LogP contribution < -0.4 is 0 Å². The van der Waals surface area contributed by atoms with Crippen molar-refractivity contribution in [2.45, 2.75) is 76.4 Å². The number of aryl methyl sites for hydroxylation is 1. The van der Waals surface area contributed by atoms with Gasteiger partial charge in [0, 0.05) is 23.7 Å². The fourth-order valence-corrected chi connectivity index (χ4v) is 6.57. The van der Waals surface area contributed by atoms with Crippen molar-refractivity contribution in [1.29, 1.82) is 0 Å². The predicted octanol–water partition coefficient (Wildman–Crippen LogP) is 3.32. The fourth-order valence-electron chi connectivity index (χ4n) is 4.57. The van der Waals surface area contributed by atoms with Crippen molar-refractivity contribution in [2.24, 2.45) is 0 Å². The van der Waals surface area contributed by atoms with Gasteiger partial charge in [0.2, 0.25) is 10.0 Å². The number of fused-ring (bicyclic) bond motifs is 2. The molecule has 4 rings (SSSR count). The van der Waals surface area contributed by atoms with Crippen LogP contribution in [0, 0.1) is 0 Å². The zero-order valence-corrected chi connectivity index (χ0v) is 17.8. The smallest absolute Gasteiger partial charge is 0.214 e. The van der Waals surface area contributed by atoms with Crippen molar-refractivity contribution in [3.8, 4) is 0 Å². The molecule has 0 aliphatic carbocycles. The molecule has 2 saturated heterocycles. The molecule has 152 valence electrons. The largest absolute Gasteiger partial charge is 0.249 e. The monoisotopic (exact) mass is 402 g/mol. The van der Waals surface area contributed by atoms with Crippen LogP contribution in [0.4, 0.5) is 0 Å². The minimum atomic E-state index is -3.25. The van der Waals surface area contributed by atoms with Gasteiger partial charge < -0.3 is 0 Å². The molecule has 0 saturated carbocycles. The summed E-state index contributed by atoms with van der Waals surface area (Å²) in [7, 11) is -3.25. The van der Waals surface area contributed by atoms with E-state index in [4.69, 9.17) is 0 Å². The first-order valence-electron chi connectivity index (χ1n) is 10.2. The van der Waals surface area contributed by atoms with E-state index in [0.29, 0.717) is 6.42 Å². The fraction of sp³-hybridized carbons (Fsp3) is 0.619. The van der Waals surface area contributed by atoms with Crippen LogP contribution in [-0.4, -0.2) is 45.6 Å². The molecule has 0 N–H and O–H groups in total. The maximum atomic E-state index is 13.1. The number of benzene rings is 1. The SMILES string of the molecule is CC(C)(C)c1cn(C2CC3CCC(C2)N3S(=O)(=O)CCc2ccccc2)nn1. The minimum absolute atomic E-state index is 0.0291. The topological polar surface area (TPSA) is 68.1 Å².